The fourth-order valence-corrected chi connectivity index (χ4v) is 6.87. The minimum absolute atomic E-state index is 0.210. The summed E-state index contributed by atoms with van der Waals surface area (Å²) >= 11 is 0. The van der Waals surface area contributed by atoms with Gasteiger partial charge in [-0.3, -0.25) is 0 Å². The number of nitrogens with one attached hydrogen (secondary N) is 2. The fourth-order valence-electron chi connectivity index (χ4n) is 6.87. The van der Waals surface area contributed by atoms with Gasteiger partial charge in [-0.2, -0.15) is 0 Å². The lowest BCUT2D eigenvalue weighted by Crippen LogP contribution is -1.89. The molecule has 0 radical (unpaired) electrons. The van der Waals surface area contributed by atoms with E-state index in [2.05, 4.69) is 113 Å². The van der Waals surface area contributed by atoms with Crippen molar-refractivity contribution < 1.29 is 5.11 Å². The van der Waals surface area contributed by atoms with Crippen LogP contribution in [0.1, 0.15) is 22.8 Å². The third-order valence-electron chi connectivity index (χ3n) is 9.07. The summed E-state index contributed by atoms with van der Waals surface area (Å²) in [4.78, 5) is 18.0. The number of rotatable bonds is 4. The molecule has 0 aliphatic carbocycles. The summed E-state index contributed by atoms with van der Waals surface area (Å²) in [7, 11) is 0. The quantitative estimate of drug-likeness (QED) is 0.181. The van der Waals surface area contributed by atoms with E-state index in [1.807, 2.05) is 54.6 Å². The standard InChI is InChI=1S/C44H30N4O/c49-40-19-11-10-18-33(40)34-27-32-26-31-20-21-35(45-31)41(28-12-4-1-5-13-28)36-22-23-37(47-36)42(29-14-6-2-7-15-29)38-24-25-39(48-38)43(44(34)46-32)30-16-8-3-9-17-30/h1-27,46-47,49H. The molecule has 0 amide bonds. The number of phenolic OH excluding ortho intramolecular Hbond substituents is 1. The predicted octanol–water partition coefficient (Wildman–Crippen LogP) is 11.0. The summed E-state index contributed by atoms with van der Waals surface area (Å²) in [5.74, 6) is 0.210. The van der Waals surface area contributed by atoms with Crippen LogP contribution in [0, 0.1) is 0 Å². The molecule has 3 N–H and O–H groups in total. The highest BCUT2D eigenvalue weighted by Crippen LogP contribution is 2.40. The monoisotopic (exact) mass is 630 g/mol. The van der Waals surface area contributed by atoms with E-state index in [4.69, 9.17) is 9.97 Å². The first-order valence-electron chi connectivity index (χ1n) is 16.3. The molecule has 232 valence electrons. The van der Waals surface area contributed by atoms with Gasteiger partial charge in [0.05, 0.1) is 28.3 Å². The average Bonchev–Trinajstić information content (AvgIpc) is 3.97. The Morgan fingerprint density at radius 1 is 0.429 bits per heavy atom. The van der Waals surface area contributed by atoms with Crippen LogP contribution < -0.4 is 0 Å². The summed E-state index contributed by atoms with van der Waals surface area (Å²) in [5.41, 5.74) is 14.7. The van der Waals surface area contributed by atoms with Crippen LogP contribution in [0.2, 0.25) is 0 Å². The van der Waals surface area contributed by atoms with Gasteiger partial charge in [-0.15, -0.1) is 0 Å². The zero-order chi connectivity index (χ0) is 32.7. The molecular formula is C44H30N4O. The van der Waals surface area contributed by atoms with Gasteiger partial charge in [0.25, 0.3) is 0 Å². The van der Waals surface area contributed by atoms with Crippen molar-refractivity contribution in [1.29, 1.82) is 0 Å². The van der Waals surface area contributed by atoms with E-state index in [9.17, 15) is 5.11 Å². The van der Waals surface area contributed by atoms with Gasteiger partial charge in [-0.25, -0.2) is 9.97 Å². The van der Waals surface area contributed by atoms with Crippen LogP contribution in [0.5, 0.6) is 5.75 Å². The van der Waals surface area contributed by atoms with Gasteiger partial charge in [-0.1, -0.05) is 109 Å². The number of hydrogen-bond donors (Lipinski definition) is 3. The van der Waals surface area contributed by atoms with Crippen LogP contribution >= 0.6 is 0 Å². The van der Waals surface area contributed by atoms with Gasteiger partial charge in [0.1, 0.15) is 5.75 Å². The van der Waals surface area contributed by atoms with Gasteiger partial charge < -0.3 is 15.1 Å². The molecule has 5 heteroatoms. The van der Waals surface area contributed by atoms with Crippen molar-refractivity contribution >= 4 is 46.4 Å². The summed E-state index contributed by atoms with van der Waals surface area (Å²) in [6.45, 7) is 0. The van der Waals surface area contributed by atoms with Crippen LogP contribution in [-0.4, -0.2) is 25.0 Å². The maximum Gasteiger partial charge on any atom is 0.123 e. The average molecular weight is 631 g/mol. The van der Waals surface area contributed by atoms with Crippen LogP contribution in [0.4, 0.5) is 0 Å². The molecule has 49 heavy (non-hydrogen) atoms. The van der Waals surface area contributed by atoms with E-state index < -0.39 is 0 Å². The van der Waals surface area contributed by atoms with Crippen molar-refractivity contribution in [2.75, 3.05) is 0 Å². The van der Waals surface area contributed by atoms with Gasteiger partial charge >= 0.3 is 0 Å². The molecule has 9 rings (SSSR count). The predicted molar refractivity (Wildman–Crippen MR) is 202 cm³/mol. The summed E-state index contributed by atoms with van der Waals surface area (Å²) in [6, 6.07) is 47.0. The maximum atomic E-state index is 11.1. The lowest BCUT2D eigenvalue weighted by Gasteiger charge is -2.08. The SMILES string of the molecule is Oc1ccccc1-c1cc2cc3nc(c(-c4ccccc4)c4ccc([nH]4)c(-c4ccccc4)c4nc(c(-c5ccccc5)c1[nH]2)C=C4)C=C3. The topological polar surface area (TPSA) is 77.6 Å². The van der Waals surface area contributed by atoms with Gasteiger partial charge in [0, 0.05) is 44.4 Å². The fraction of sp³-hybridized carbons (Fsp3) is 0. The molecule has 0 atom stereocenters. The molecule has 0 unspecified atom stereocenters. The first kappa shape index (κ1) is 28.5. The molecule has 0 fully saturated rings. The number of nitrogens with zero attached hydrogens (tertiary/aromatic N) is 2. The van der Waals surface area contributed by atoms with E-state index >= 15 is 0 Å². The van der Waals surface area contributed by atoms with Crippen LogP contribution in [0.15, 0.2) is 140 Å². The molecule has 0 saturated carbocycles. The van der Waals surface area contributed by atoms with Gasteiger partial charge in [0.15, 0.2) is 0 Å². The number of aromatic amines is 2. The lowest BCUT2D eigenvalue weighted by atomic mass is 9.98. The van der Waals surface area contributed by atoms with E-state index in [-0.39, 0.29) is 5.75 Å². The number of H-pyrrole nitrogens is 2. The number of phenols is 1. The Morgan fingerprint density at radius 2 is 0.939 bits per heavy atom. The number of hydrogen-bond acceptors (Lipinski definition) is 3. The normalized spacial score (nSPS) is 12.0. The van der Waals surface area contributed by atoms with E-state index in [1.165, 1.54) is 0 Å². The molecule has 4 aromatic carbocycles. The largest absolute Gasteiger partial charge is 0.507 e. The van der Waals surface area contributed by atoms with Crippen molar-refractivity contribution in [3.63, 3.8) is 0 Å². The number of fused-ring (bicyclic) bond motifs is 8. The Morgan fingerprint density at radius 3 is 1.55 bits per heavy atom. The zero-order valence-electron chi connectivity index (χ0n) is 26.4. The Kier molecular flexibility index (Phi) is 6.87. The van der Waals surface area contributed by atoms with E-state index in [0.29, 0.717) is 0 Å². The molecule has 3 aromatic heterocycles. The van der Waals surface area contributed by atoms with Crippen LogP contribution in [-0.2, 0) is 0 Å². The minimum Gasteiger partial charge on any atom is -0.507 e. The van der Waals surface area contributed by atoms with Crippen molar-refractivity contribution in [2.24, 2.45) is 0 Å². The van der Waals surface area contributed by atoms with Crippen molar-refractivity contribution in [3.05, 3.63) is 162 Å². The molecular weight excluding hydrogens is 601 g/mol. The first-order valence-corrected chi connectivity index (χ1v) is 16.3. The zero-order valence-corrected chi connectivity index (χ0v) is 26.4. The van der Waals surface area contributed by atoms with Crippen molar-refractivity contribution in [2.45, 2.75) is 0 Å². The highest BCUT2D eigenvalue weighted by molar-refractivity contribution is 6.02. The second kappa shape index (κ2) is 11.8. The second-order valence-electron chi connectivity index (χ2n) is 12.2. The Bertz CT molecular complexity index is 2600. The minimum atomic E-state index is 0.210. The molecule has 0 spiro atoms. The van der Waals surface area contributed by atoms with Crippen LogP contribution in [0.3, 0.4) is 0 Å². The highest BCUT2D eigenvalue weighted by atomic mass is 16.3. The molecule has 7 aromatic rings. The third-order valence-corrected chi connectivity index (χ3v) is 9.07. The summed E-state index contributed by atoms with van der Waals surface area (Å²) in [6.07, 6.45) is 8.32. The van der Waals surface area contributed by atoms with Crippen LogP contribution in [0.25, 0.3) is 90.9 Å². The molecule has 0 saturated heterocycles. The molecule has 2 aliphatic heterocycles. The maximum absolute atomic E-state index is 11.1. The lowest BCUT2D eigenvalue weighted by molar-refractivity contribution is 0.477. The summed E-state index contributed by atoms with van der Waals surface area (Å²) in [5, 5.41) is 11.1. The summed E-state index contributed by atoms with van der Waals surface area (Å²) < 4.78 is 0. The van der Waals surface area contributed by atoms with Crippen molar-refractivity contribution in [1.82, 2.24) is 19.9 Å². The number of aromatic hydroxyl groups is 1. The van der Waals surface area contributed by atoms with E-state index in [1.54, 1.807) is 6.07 Å². The molecule has 2 aliphatic rings. The Hall–Kier alpha value is -6.72. The van der Waals surface area contributed by atoms with Gasteiger partial charge in [0.2, 0.25) is 0 Å². The number of para-hydroxylation sites is 1. The van der Waals surface area contributed by atoms with Crippen molar-refractivity contribution in [3.8, 4) is 50.3 Å². The molecule has 5 nitrogen and oxygen atoms in total. The smallest absolute Gasteiger partial charge is 0.123 e. The van der Waals surface area contributed by atoms with Gasteiger partial charge in [-0.05, 0) is 71.3 Å². The Labute approximate surface area is 283 Å². The number of benzene rings is 4. The third kappa shape index (κ3) is 5.14. The molecule has 8 bridgehead atoms. The molecule has 5 heterocycles. The number of aromatic nitrogens is 4. The Balaban J connectivity index is 1.49. The second-order valence-corrected chi connectivity index (χ2v) is 12.2. The highest BCUT2D eigenvalue weighted by Gasteiger charge is 2.19. The van der Waals surface area contributed by atoms with E-state index in [0.717, 1.165) is 89.4 Å². The first-order chi connectivity index (χ1) is 24.2.